The third-order valence-electron chi connectivity index (χ3n) is 5.70. The van der Waals surface area contributed by atoms with E-state index in [-0.39, 0.29) is 0 Å². The van der Waals surface area contributed by atoms with Gasteiger partial charge < -0.3 is 49.6 Å². The Bertz CT molecular complexity index is 481. The van der Waals surface area contributed by atoms with Crippen LogP contribution >= 0.6 is 0 Å². The molecule has 6 N–H and O–H groups in total. The number of rotatable bonds is 11. The standard InChI is InChI=1S/C20H38O10/c1-3-4-5-6-7-8-9-27-19-17(26)18(14(23)12(10-21)29-19)30-20-16(25)15(24)13(22)11(2)28-20/h11-26H,3-10H2,1-2H3/t11-,12+,13+,14-,15+,16-,17+,18-,19+,20+/m0/s1. The normalized spacial score (nSPS) is 42.4. The van der Waals surface area contributed by atoms with Crippen LogP contribution in [0, 0.1) is 0 Å². The molecular formula is C20H38O10. The Hall–Kier alpha value is -0.400. The maximum Gasteiger partial charge on any atom is 0.187 e. The fraction of sp³-hybridized carbons (Fsp3) is 1.00. The Kier molecular flexibility index (Phi) is 10.9. The average molecular weight is 439 g/mol. The van der Waals surface area contributed by atoms with Crippen molar-refractivity contribution in [2.24, 2.45) is 0 Å². The molecule has 2 aliphatic rings. The summed E-state index contributed by atoms with van der Waals surface area (Å²) < 4.78 is 22.0. The van der Waals surface area contributed by atoms with E-state index in [0.717, 1.165) is 25.7 Å². The van der Waals surface area contributed by atoms with E-state index in [9.17, 15) is 30.6 Å². The highest BCUT2D eigenvalue weighted by Gasteiger charge is 2.50. The second-order valence-corrected chi connectivity index (χ2v) is 8.13. The largest absolute Gasteiger partial charge is 0.394 e. The lowest BCUT2D eigenvalue weighted by Gasteiger charge is -2.45. The van der Waals surface area contributed by atoms with Crippen molar-refractivity contribution in [1.29, 1.82) is 0 Å². The second kappa shape index (κ2) is 12.6. The number of aliphatic hydroxyl groups excluding tert-OH is 6. The van der Waals surface area contributed by atoms with Crippen LogP contribution in [-0.4, -0.2) is 105 Å². The molecule has 178 valence electrons. The maximum atomic E-state index is 10.6. The van der Waals surface area contributed by atoms with E-state index < -0.39 is 68.0 Å². The summed E-state index contributed by atoms with van der Waals surface area (Å²) in [4.78, 5) is 0. The predicted octanol–water partition coefficient (Wildman–Crippen LogP) is -0.985. The minimum Gasteiger partial charge on any atom is -0.394 e. The molecule has 0 unspecified atom stereocenters. The first-order chi connectivity index (χ1) is 14.3. The van der Waals surface area contributed by atoms with Crippen LogP contribution in [0.4, 0.5) is 0 Å². The van der Waals surface area contributed by atoms with E-state index in [1.54, 1.807) is 0 Å². The van der Waals surface area contributed by atoms with Gasteiger partial charge in [0.1, 0.15) is 42.7 Å². The molecule has 30 heavy (non-hydrogen) atoms. The lowest BCUT2D eigenvalue weighted by molar-refractivity contribution is -0.357. The fourth-order valence-corrected chi connectivity index (χ4v) is 3.71. The summed E-state index contributed by atoms with van der Waals surface area (Å²) in [6, 6.07) is 0. The van der Waals surface area contributed by atoms with E-state index in [4.69, 9.17) is 18.9 Å². The summed E-state index contributed by atoms with van der Waals surface area (Å²) in [5.74, 6) is 0. The molecule has 0 amide bonds. The van der Waals surface area contributed by atoms with Gasteiger partial charge >= 0.3 is 0 Å². The van der Waals surface area contributed by atoms with Gasteiger partial charge in [0.05, 0.1) is 12.7 Å². The Morgan fingerprint density at radius 1 is 0.733 bits per heavy atom. The Morgan fingerprint density at radius 2 is 1.40 bits per heavy atom. The van der Waals surface area contributed by atoms with Crippen LogP contribution in [0.25, 0.3) is 0 Å². The molecule has 0 saturated carbocycles. The molecule has 2 saturated heterocycles. The van der Waals surface area contributed by atoms with Crippen LogP contribution in [0.5, 0.6) is 0 Å². The molecule has 2 aliphatic heterocycles. The number of hydrogen-bond acceptors (Lipinski definition) is 10. The van der Waals surface area contributed by atoms with E-state index in [1.165, 1.54) is 19.8 Å². The minimum atomic E-state index is -1.59. The molecule has 0 aromatic rings. The van der Waals surface area contributed by atoms with Crippen LogP contribution < -0.4 is 0 Å². The van der Waals surface area contributed by atoms with Gasteiger partial charge in [-0.15, -0.1) is 0 Å². The van der Waals surface area contributed by atoms with Gasteiger partial charge in [0, 0.05) is 6.61 Å². The lowest BCUT2D eigenvalue weighted by Crippen LogP contribution is -2.64. The van der Waals surface area contributed by atoms with E-state index in [0.29, 0.717) is 6.61 Å². The molecule has 0 aromatic carbocycles. The van der Waals surface area contributed by atoms with Gasteiger partial charge in [-0.05, 0) is 13.3 Å². The maximum absolute atomic E-state index is 10.6. The average Bonchev–Trinajstić information content (AvgIpc) is 2.73. The third-order valence-corrected chi connectivity index (χ3v) is 5.70. The van der Waals surface area contributed by atoms with Crippen LogP contribution in [0.15, 0.2) is 0 Å². The van der Waals surface area contributed by atoms with Crippen LogP contribution in [0.1, 0.15) is 52.4 Å². The van der Waals surface area contributed by atoms with Crippen LogP contribution in [0.3, 0.4) is 0 Å². The summed E-state index contributed by atoms with van der Waals surface area (Å²) in [7, 11) is 0. The topological polar surface area (TPSA) is 158 Å². The molecule has 0 spiro atoms. The van der Waals surface area contributed by atoms with Crippen molar-refractivity contribution >= 4 is 0 Å². The molecule has 0 aliphatic carbocycles. The number of hydrogen-bond donors (Lipinski definition) is 6. The first kappa shape index (κ1) is 25.9. The minimum absolute atomic E-state index is 0.333. The van der Waals surface area contributed by atoms with Gasteiger partial charge in [0.25, 0.3) is 0 Å². The molecule has 10 heteroatoms. The summed E-state index contributed by atoms with van der Waals surface area (Å²) >= 11 is 0. The SMILES string of the molecule is CCCCCCCCO[C@@H]1O[C@H](CO)[C@H](O)[C@H](O[C@H]2O[C@@H](C)[C@@H](O)[C@@H](O)[C@@H]2O)[C@H]1O. The van der Waals surface area contributed by atoms with Crippen LogP contribution in [0.2, 0.25) is 0 Å². The predicted molar refractivity (Wildman–Crippen MR) is 104 cm³/mol. The molecule has 10 atom stereocenters. The molecule has 0 bridgehead atoms. The Morgan fingerprint density at radius 3 is 2.07 bits per heavy atom. The number of unbranched alkanes of at least 4 members (excludes halogenated alkanes) is 5. The van der Waals surface area contributed by atoms with Crippen molar-refractivity contribution in [3.05, 3.63) is 0 Å². The zero-order valence-electron chi connectivity index (χ0n) is 17.7. The van der Waals surface area contributed by atoms with Gasteiger partial charge in [0.15, 0.2) is 12.6 Å². The van der Waals surface area contributed by atoms with E-state index in [2.05, 4.69) is 6.92 Å². The molecule has 10 nitrogen and oxygen atoms in total. The van der Waals surface area contributed by atoms with Crippen LogP contribution in [-0.2, 0) is 18.9 Å². The van der Waals surface area contributed by atoms with Gasteiger partial charge in [-0.25, -0.2) is 0 Å². The molecule has 2 fully saturated rings. The van der Waals surface area contributed by atoms with Gasteiger partial charge in [-0.1, -0.05) is 39.0 Å². The summed E-state index contributed by atoms with van der Waals surface area (Å²) in [5, 5.41) is 60.5. The first-order valence-corrected chi connectivity index (χ1v) is 10.9. The molecular weight excluding hydrogens is 400 g/mol. The van der Waals surface area contributed by atoms with E-state index >= 15 is 0 Å². The van der Waals surface area contributed by atoms with Gasteiger partial charge in [0.2, 0.25) is 0 Å². The first-order valence-electron chi connectivity index (χ1n) is 10.9. The zero-order chi connectivity index (χ0) is 22.3. The van der Waals surface area contributed by atoms with Crippen molar-refractivity contribution < 1.29 is 49.6 Å². The summed E-state index contributed by atoms with van der Waals surface area (Å²) in [6.45, 7) is 3.45. The molecule has 0 radical (unpaired) electrons. The highest BCUT2D eigenvalue weighted by Crippen LogP contribution is 2.29. The highest BCUT2D eigenvalue weighted by molar-refractivity contribution is 4.93. The zero-order valence-corrected chi connectivity index (χ0v) is 17.7. The smallest absolute Gasteiger partial charge is 0.187 e. The van der Waals surface area contributed by atoms with Crippen molar-refractivity contribution in [2.75, 3.05) is 13.2 Å². The van der Waals surface area contributed by atoms with Crippen molar-refractivity contribution in [2.45, 2.75) is 114 Å². The molecule has 2 heterocycles. The fourth-order valence-electron chi connectivity index (χ4n) is 3.71. The Balaban J connectivity index is 1.93. The number of ether oxygens (including phenoxy) is 4. The van der Waals surface area contributed by atoms with E-state index in [1.807, 2.05) is 0 Å². The monoisotopic (exact) mass is 438 g/mol. The van der Waals surface area contributed by atoms with Crippen molar-refractivity contribution in [3.63, 3.8) is 0 Å². The third kappa shape index (κ3) is 6.55. The van der Waals surface area contributed by atoms with Crippen molar-refractivity contribution in [1.82, 2.24) is 0 Å². The summed E-state index contributed by atoms with van der Waals surface area (Å²) in [6.07, 6.45) is -6.62. The molecule has 0 aromatic heterocycles. The molecule has 2 rings (SSSR count). The second-order valence-electron chi connectivity index (χ2n) is 8.13. The highest BCUT2D eigenvalue weighted by atomic mass is 16.7. The van der Waals surface area contributed by atoms with Gasteiger partial charge in [-0.2, -0.15) is 0 Å². The summed E-state index contributed by atoms with van der Waals surface area (Å²) in [5.41, 5.74) is 0. The van der Waals surface area contributed by atoms with Gasteiger partial charge in [-0.3, -0.25) is 0 Å². The Labute approximate surface area is 177 Å². The lowest BCUT2D eigenvalue weighted by atomic mass is 9.97. The number of aliphatic hydroxyl groups is 6. The van der Waals surface area contributed by atoms with Crippen molar-refractivity contribution in [3.8, 4) is 0 Å². The quantitative estimate of drug-likeness (QED) is 0.221.